The van der Waals surface area contributed by atoms with Crippen LogP contribution in [-0.4, -0.2) is 48.1 Å². The van der Waals surface area contributed by atoms with Crippen LogP contribution in [0.3, 0.4) is 0 Å². The Hall–Kier alpha value is -4.46. The molecular weight excluding hydrogens is 514 g/mol. The molecule has 41 heavy (non-hydrogen) atoms. The molecule has 4 aromatic carbocycles. The predicted molar refractivity (Wildman–Crippen MR) is 161 cm³/mol. The van der Waals surface area contributed by atoms with Crippen LogP contribution in [0.5, 0.6) is 5.75 Å². The number of nitrogens with two attached hydrogens (primary N) is 1. The van der Waals surface area contributed by atoms with Gasteiger partial charge < -0.3 is 25.8 Å². The average molecular weight is 552 g/mol. The van der Waals surface area contributed by atoms with Crippen molar-refractivity contribution < 1.29 is 19.4 Å². The molecule has 4 aromatic rings. The second-order valence-corrected chi connectivity index (χ2v) is 9.89. The molecule has 4 rings (SSSR count). The summed E-state index contributed by atoms with van der Waals surface area (Å²) in [6.45, 7) is 2.33. The van der Waals surface area contributed by atoms with Gasteiger partial charge in [0.1, 0.15) is 12.4 Å². The normalized spacial score (nSPS) is 10.8. The zero-order chi connectivity index (χ0) is 28.9. The molecule has 0 saturated heterocycles. The minimum atomic E-state index is -0.127. The number of carbonyl (C=O) groups is 2. The molecule has 0 radical (unpaired) electrons. The maximum atomic E-state index is 13.3. The van der Waals surface area contributed by atoms with Crippen LogP contribution in [0.4, 0.5) is 0 Å². The molecule has 4 N–H and O–H groups in total. The first-order valence-corrected chi connectivity index (χ1v) is 13.9. The molecule has 0 saturated carbocycles. The molecule has 0 atom stereocenters. The van der Waals surface area contributed by atoms with Gasteiger partial charge in [0.2, 0.25) is 5.91 Å². The summed E-state index contributed by atoms with van der Waals surface area (Å²) in [5.74, 6) is -0.0101. The molecule has 7 nitrogen and oxygen atoms in total. The number of aromatic hydroxyl groups is 1. The highest BCUT2D eigenvalue weighted by molar-refractivity contribution is 5.95. The number of benzene rings is 4. The van der Waals surface area contributed by atoms with E-state index in [0.29, 0.717) is 44.8 Å². The predicted octanol–water partition coefficient (Wildman–Crippen LogP) is 4.93. The van der Waals surface area contributed by atoms with E-state index in [9.17, 15) is 14.7 Å². The number of phenolic OH excluding ortho intramolecular Hbond substituents is 1. The van der Waals surface area contributed by atoms with Crippen LogP contribution in [0.15, 0.2) is 103 Å². The second-order valence-electron chi connectivity index (χ2n) is 9.89. The van der Waals surface area contributed by atoms with E-state index in [-0.39, 0.29) is 24.2 Å². The van der Waals surface area contributed by atoms with Crippen molar-refractivity contribution in [1.29, 1.82) is 0 Å². The third-order valence-electron chi connectivity index (χ3n) is 6.72. The first-order valence-electron chi connectivity index (χ1n) is 13.9. The highest BCUT2D eigenvalue weighted by Crippen LogP contribution is 2.23. The minimum Gasteiger partial charge on any atom is -0.508 e. The van der Waals surface area contributed by atoms with Crippen LogP contribution < -0.4 is 11.1 Å². The molecule has 0 heterocycles. The van der Waals surface area contributed by atoms with Crippen LogP contribution in [0, 0.1) is 0 Å². The van der Waals surface area contributed by atoms with Gasteiger partial charge in [-0.1, -0.05) is 72.8 Å². The fourth-order valence-electron chi connectivity index (χ4n) is 4.46. The van der Waals surface area contributed by atoms with E-state index in [0.717, 1.165) is 34.2 Å². The fraction of sp³-hybridized carbons (Fsp3) is 0.235. The van der Waals surface area contributed by atoms with Crippen LogP contribution in [0.2, 0.25) is 0 Å². The van der Waals surface area contributed by atoms with Gasteiger partial charge in [0, 0.05) is 25.2 Å². The van der Waals surface area contributed by atoms with E-state index in [2.05, 4.69) is 11.4 Å². The third kappa shape index (κ3) is 9.31. The monoisotopic (exact) mass is 551 g/mol. The maximum Gasteiger partial charge on any atom is 0.251 e. The minimum absolute atomic E-state index is 0.0223. The second kappa shape index (κ2) is 15.4. The lowest BCUT2D eigenvalue weighted by atomic mass is 10.0. The molecule has 0 aromatic heterocycles. The molecule has 0 aliphatic heterocycles. The van der Waals surface area contributed by atoms with Gasteiger partial charge in [-0.3, -0.25) is 9.59 Å². The standard InChI is InChI=1S/C34H37N3O4/c35-18-6-19-36-34(40)31-12-5-11-30(22-31)29-10-4-9-28(21-29)23-37(20-17-26-13-15-32(38)16-14-26)33(39)25-41-24-27-7-2-1-3-8-27/h1-5,7-16,21-22,38H,6,17-20,23-25,35H2,(H,36,40). The van der Waals surface area contributed by atoms with Gasteiger partial charge in [0.15, 0.2) is 0 Å². The van der Waals surface area contributed by atoms with Gasteiger partial charge in [-0.15, -0.1) is 0 Å². The Kier molecular flexibility index (Phi) is 11.1. The summed E-state index contributed by atoms with van der Waals surface area (Å²) < 4.78 is 5.76. The summed E-state index contributed by atoms with van der Waals surface area (Å²) in [7, 11) is 0. The summed E-state index contributed by atoms with van der Waals surface area (Å²) in [6, 6.07) is 32.3. The number of amides is 2. The molecule has 212 valence electrons. The molecule has 0 aliphatic carbocycles. The highest BCUT2D eigenvalue weighted by atomic mass is 16.5. The average Bonchev–Trinajstić information content (AvgIpc) is 3.01. The molecule has 0 aliphatic rings. The van der Waals surface area contributed by atoms with Gasteiger partial charge >= 0.3 is 0 Å². The lowest BCUT2D eigenvalue weighted by molar-refractivity contribution is -0.137. The van der Waals surface area contributed by atoms with Gasteiger partial charge in [-0.25, -0.2) is 0 Å². The number of hydrogen-bond donors (Lipinski definition) is 3. The molecule has 0 fully saturated rings. The Balaban J connectivity index is 1.46. The Bertz CT molecular complexity index is 1410. The number of hydrogen-bond acceptors (Lipinski definition) is 5. The summed E-state index contributed by atoms with van der Waals surface area (Å²) in [4.78, 5) is 27.7. The number of ether oxygens (including phenoxy) is 1. The molecule has 0 spiro atoms. The smallest absolute Gasteiger partial charge is 0.251 e. The molecule has 7 heteroatoms. The molecule has 0 bridgehead atoms. The Morgan fingerprint density at radius 3 is 2.27 bits per heavy atom. The first-order chi connectivity index (χ1) is 20.0. The Morgan fingerprint density at radius 2 is 1.51 bits per heavy atom. The summed E-state index contributed by atoms with van der Waals surface area (Å²) in [6.07, 6.45) is 1.37. The zero-order valence-electron chi connectivity index (χ0n) is 23.2. The van der Waals surface area contributed by atoms with Crippen LogP contribution in [-0.2, 0) is 29.1 Å². The van der Waals surface area contributed by atoms with E-state index in [1.54, 1.807) is 23.1 Å². The van der Waals surface area contributed by atoms with Crippen molar-refractivity contribution in [3.05, 3.63) is 125 Å². The maximum absolute atomic E-state index is 13.3. The van der Waals surface area contributed by atoms with Crippen LogP contribution in [0.25, 0.3) is 11.1 Å². The summed E-state index contributed by atoms with van der Waals surface area (Å²) in [5.41, 5.74) is 11.0. The van der Waals surface area contributed by atoms with Gasteiger partial charge in [0.25, 0.3) is 5.91 Å². The number of nitrogens with zero attached hydrogens (tertiary/aromatic N) is 1. The van der Waals surface area contributed by atoms with Crippen molar-refractivity contribution in [1.82, 2.24) is 10.2 Å². The quantitative estimate of drug-likeness (QED) is 0.193. The topological polar surface area (TPSA) is 105 Å². The van der Waals surface area contributed by atoms with Crippen molar-refractivity contribution in [3.8, 4) is 16.9 Å². The number of phenols is 1. The summed E-state index contributed by atoms with van der Waals surface area (Å²) in [5, 5.41) is 12.5. The van der Waals surface area contributed by atoms with Gasteiger partial charge in [-0.05, 0) is 77.5 Å². The van der Waals surface area contributed by atoms with Gasteiger partial charge in [0.05, 0.1) is 6.61 Å². The lowest BCUT2D eigenvalue weighted by Gasteiger charge is -2.23. The highest BCUT2D eigenvalue weighted by Gasteiger charge is 2.16. The van der Waals surface area contributed by atoms with Crippen LogP contribution in [0.1, 0.15) is 33.5 Å². The van der Waals surface area contributed by atoms with E-state index < -0.39 is 0 Å². The molecular formula is C34H37N3O4. The fourth-order valence-corrected chi connectivity index (χ4v) is 4.46. The summed E-state index contributed by atoms with van der Waals surface area (Å²) >= 11 is 0. The molecule has 2 amide bonds. The molecule has 0 unspecified atom stereocenters. The SMILES string of the molecule is NCCCNC(=O)c1cccc(-c2cccc(CN(CCc3ccc(O)cc3)C(=O)COCc3ccccc3)c2)c1. The van der Waals surface area contributed by atoms with Crippen molar-refractivity contribution in [2.75, 3.05) is 26.2 Å². The zero-order valence-corrected chi connectivity index (χ0v) is 23.2. The van der Waals surface area contributed by atoms with E-state index in [1.165, 1.54) is 0 Å². The Morgan fingerprint density at radius 1 is 0.805 bits per heavy atom. The largest absolute Gasteiger partial charge is 0.508 e. The van der Waals surface area contributed by atoms with Crippen molar-refractivity contribution in [3.63, 3.8) is 0 Å². The van der Waals surface area contributed by atoms with Crippen molar-refractivity contribution in [2.45, 2.75) is 26.0 Å². The third-order valence-corrected chi connectivity index (χ3v) is 6.72. The first kappa shape index (κ1) is 29.5. The van der Waals surface area contributed by atoms with E-state index >= 15 is 0 Å². The number of carbonyl (C=O) groups excluding carboxylic acids is 2. The van der Waals surface area contributed by atoms with E-state index in [4.69, 9.17) is 10.5 Å². The number of nitrogens with one attached hydrogen (secondary N) is 1. The van der Waals surface area contributed by atoms with Crippen molar-refractivity contribution in [2.24, 2.45) is 5.73 Å². The van der Waals surface area contributed by atoms with Crippen LogP contribution >= 0.6 is 0 Å². The van der Waals surface area contributed by atoms with Gasteiger partial charge in [-0.2, -0.15) is 0 Å². The number of rotatable bonds is 14. The Labute approximate surface area is 241 Å². The van der Waals surface area contributed by atoms with E-state index in [1.807, 2.05) is 78.9 Å². The lowest BCUT2D eigenvalue weighted by Crippen LogP contribution is -2.35. The van der Waals surface area contributed by atoms with Crippen molar-refractivity contribution >= 4 is 11.8 Å².